The van der Waals surface area contributed by atoms with Crippen molar-refractivity contribution in [1.29, 1.82) is 0 Å². The van der Waals surface area contributed by atoms with Gasteiger partial charge in [0.2, 0.25) is 0 Å². The van der Waals surface area contributed by atoms with Crippen LogP contribution in [0.4, 0.5) is 8.78 Å². The van der Waals surface area contributed by atoms with Gasteiger partial charge in [-0.1, -0.05) is 23.7 Å². The molecule has 1 heterocycles. The van der Waals surface area contributed by atoms with Crippen LogP contribution in [0.3, 0.4) is 0 Å². The fourth-order valence-corrected chi connectivity index (χ4v) is 2.12. The molecule has 1 aliphatic rings. The van der Waals surface area contributed by atoms with E-state index in [1.165, 1.54) is 0 Å². The molecule has 0 radical (unpaired) electrons. The van der Waals surface area contributed by atoms with Crippen molar-refractivity contribution < 1.29 is 18.3 Å². The lowest BCUT2D eigenvalue weighted by Gasteiger charge is -2.30. The molecule has 0 spiro atoms. The highest BCUT2D eigenvalue weighted by molar-refractivity contribution is 6.30. The normalized spacial score (nSPS) is 23.8. The highest BCUT2D eigenvalue weighted by Gasteiger charge is 2.22. The van der Waals surface area contributed by atoms with E-state index in [1.807, 2.05) is 24.3 Å². The van der Waals surface area contributed by atoms with E-state index < -0.39 is 6.61 Å². The average Bonchev–Trinajstić information content (AvgIpc) is 2.40. The summed E-state index contributed by atoms with van der Waals surface area (Å²) in [6.45, 7) is -1.82. The number of nitrogens with one attached hydrogen (secondary N) is 1. The summed E-state index contributed by atoms with van der Waals surface area (Å²) in [7, 11) is 0. The second-order valence-electron chi connectivity index (χ2n) is 4.49. The Hall–Kier alpha value is -0.750. The molecule has 19 heavy (non-hydrogen) atoms. The van der Waals surface area contributed by atoms with Crippen molar-refractivity contribution >= 4 is 11.6 Å². The predicted molar refractivity (Wildman–Crippen MR) is 68.6 cm³/mol. The first-order chi connectivity index (χ1) is 9.13. The standard InChI is InChI=1S/C13H16ClF2NO2/c14-10-3-1-9(2-4-10)5-11-7-18-12(6-17-11)8-19-13(15)16/h1-4,11-13,17H,5-8H2. The zero-order valence-corrected chi connectivity index (χ0v) is 11.1. The third kappa shape index (κ3) is 5.03. The van der Waals surface area contributed by atoms with Crippen molar-refractivity contribution in [3.8, 4) is 0 Å². The van der Waals surface area contributed by atoms with Crippen LogP contribution >= 0.6 is 11.6 Å². The fourth-order valence-electron chi connectivity index (χ4n) is 1.99. The van der Waals surface area contributed by atoms with Gasteiger partial charge < -0.3 is 14.8 Å². The van der Waals surface area contributed by atoms with Crippen LogP contribution in [0.2, 0.25) is 5.02 Å². The molecule has 2 rings (SSSR count). The van der Waals surface area contributed by atoms with Crippen molar-refractivity contribution in [2.75, 3.05) is 19.8 Å². The molecule has 0 aliphatic carbocycles. The molecule has 0 amide bonds. The van der Waals surface area contributed by atoms with Crippen molar-refractivity contribution in [1.82, 2.24) is 5.32 Å². The van der Waals surface area contributed by atoms with Crippen LogP contribution in [0.15, 0.2) is 24.3 Å². The minimum atomic E-state index is -2.74. The highest BCUT2D eigenvalue weighted by Crippen LogP contribution is 2.13. The Morgan fingerprint density at radius 3 is 2.68 bits per heavy atom. The Balaban J connectivity index is 1.72. The maximum atomic E-state index is 11.9. The fraction of sp³-hybridized carbons (Fsp3) is 0.538. The monoisotopic (exact) mass is 291 g/mol. The van der Waals surface area contributed by atoms with Gasteiger partial charge in [-0.2, -0.15) is 8.78 Å². The van der Waals surface area contributed by atoms with Gasteiger partial charge in [0.25, 0.3) is 0 Å². The van der Waals surface area contributed by atoms with E-state index in [4.69, 9.17) is 16.3 Å². The summed E-state index contributed by atoms with van der Waals surface area (Å²) in [5.41, 5.74) is 1.16. The molecule has 0 aromatic heterocycles. The lowest BCUT2D eigenvalue weighted by molar-refractivity contribution is -0.159. The van der Waals surface area contributed by atoms with Crippen molar-refractivity contribution in [3.05, 3.63) is 34.9 Å². The molecule has 2 atom stereocenters. The van der Waals surface area contributed by atoms with Crippen LogP contribution in [-0.2, 0) is 15.9 Å². The second kappa shape index (κ2) is 7.14. The van der Waals surface area contributed by atoms with Gasteiger partial charge in [-0.05, 0) is 24.1 Å². The summed E-state index contributed by atoms with van der Waals surface area (Å²) < 4.78 is 33.5. The number of alkyl halides is 2. The molecule has 0 saturated carbocycles. The molecule has 106 valence electrons. The van der Waals surface area contributed by atoms with Gasteiger partial charge in [0.15, 0.2) is 0 Å². The summed E-state index contributed by atoms with van der Waals surface area (Å²) in [5.74, 6) is 0. The van der Waals surface area contributed by atoms with E-state index in [0.29, 0.717) is 18.2 Å². The minimum absolute atomic E-state index is 0.0850. The number of halogens is 3. The molecule has 0 bridgehead atoms. The van der Waals surface area contributed by atoms with E-state index in [9.17, 15) is 8.78 Å². The van der Waals surface area contributed by atoms with Crippen molar-refractivity contribution in [2.45, 2.75) is 25.2 Å². The summed E-state index contributed by atoms with van der Waals surface area (Å²) in [6.07, 6.45) is 0.509. The molecule has 6 heteroatoms. The summed E-state index contributed by atoms with van der Waals surface area (Å²) in [6, 6.07) is 7.81. The molecular weight excluding hydrogens is 276 g/mol. The van der Waals surface area contributed by atoms with Crippen LogP contribution in [0.1, 0.15) is 5.56 Å². The van der Waals surface area contributed by atoms with E-state index in [2.05, 4.69) is 10.1 Å². The van der Waals surface area contributed by atoms with Gasteiger partial charge in [0.1, 0.15) is 0 Å². The number of ether oxygens (including phenoxy) is 2. The molecular formula is C13H16ClF2NO2. The first-order valence-electron chi connectivity index (χ1n) is 6.12. The summed E-state index contributed by atoms with van der Waals surface area (Å²) >= 11 is 5.82. The van der Waals surface area contributed by atoms with Gasteiger partial charge in [0, 0.05) is 17.6 Å². The number of hydrogen-bond donors (Lipinski definition) is 1. The first-order valence-corrected chi connectivity index (χ1v) is 6.50. The van der Waals surface area contributed by atoms with Crippen molar-refractivity contribution in [2.24, 2.45) is 0 Å². The van der Waals surface area contributed by atoms with Crippen LogP contribution in [0.25, 0.3) is 0 Å². The lowest BCUT2D eigenvalue weighted by atomic mass is 10.1. The molecule has 1 aliphatic heterocycles. The van der Waals surface area contributed by atoms with Gasteiger partial charge in [0.05, 0.1) is 19.3 Å². The molecule has 2 unspecified atom stereocenters. The third-order valence-corrected chi connectivity index (χ3v) is 3.22. The van der Waals surface area contributed by atoms with Crippen LogP contribution in [0.5, 0.6) is 0 Å². The van der Waals surface area contributed by atoms with E-state index in [0.717, 1.165) is 12.0 Å². The van der Waals surface area contributed by atoms with E-state index in [1.54, 1.807) is 0 Å². The van der Waals surface area contributed by atoms with Crippen LogP contribution in [-0.4, -0.2) is 38.5 Å². The predicted octanol–water partition coefficient (Wildman–Crippen LogP) is 2.48. The van der Waals surface area contributed by atoms with Gasteiger partial charge in [-0.3, -0.25) is 0 Å². The smallest absolute Gasteiger partial charge is 0.345 e. The van der Waals surface area contributed by atoms with Crippen LogP contribution < -0.4 is 5.32 Å². The third-order valence-electron chi connectivity index (χ3n) is 2.97. The Morgan fingerprint density at radius 2 is 2.11 bits per heavy atom. The molecule has 1 N–H and O–H groups in total. The summed E-state index contributed by atoms with van der Waals surface area (Å²) in [5, 5.41) is 3.98. The highest BCUT2D eigenvalue weighted by atomic mass is 35.5. The van der Waals surface area contributed by atoms with Crippen LogP contribution in [0, 0.1) is 0 Å². The van der Waals surface area contributed by atoms with Gasteiger partial charge in [-0.25, -0.2) is 0 Å². The van der Waals surface area contributed by atoms with E-state index >= 15 is 0 Å². The lowest BCUT2D eigenvalue weighted by Crippen LogP contribution is -2.49. The van der Waals surface area contributed by atoms with Gasteiger partial charge in [-0.15, -0.1) is 0 Å². The Morgan fingerprint density at radius 1 is 1.37 bits per heavy atom. The number of hydrogen-bond acceptors (Lipinski definition) is 3. The van der Waals surface area contributed by atoms with Gasteiger partial charge >= 0.3 is 6.61 Å². The van der Waals surface area contributed by atoms with E-state index in [-0.39, 0.29) is 18.8 Å². The molecule has 3 nitrogen and oxygen atoms in total. The number of morpholine rings is 1. The van der Waals surface area contributed by atoms with Crippen molar-refractivity contribution in [3.63, 3.8) is 0 Å². The summed E-state index contributed by atoms with van der Waals surface area (Å²) in [4.78, 5) is 0. The molecule has 1 fully saturated rings. The SMILES string of the molecule is FC(F)OCC1CNC(Cc2ccc(Cl)cc2)CO1. The Labute approximate surface area is 115 Å². The topological polar surface area (TPSA) is 30.5 Å². The minimum Gasteiger partial charge on any atom is -0.373 e. The molecule has 1 aromatic rings. The quantitative estimate of drug-likeness (QED) is 0.904. The average molecular weight is 292 g/mol. The molecule has 1 aromatic carbocycles. The second-order valence-corrected chi connectivity index (χ2v) is 4.92. The number of benzene rings is 1. The number of rotatable bonds is 5. The maximum Gasteiger partial charge on any atom is 0.345 e. The Bertz CT molecular complexity index is 381. The zero-order chi connectivity index (χ0) is 13.7. The zero-order valence-electron chi connectivity index (χ0n) is 10.3. The largest absolute Gasteiger partial charge is 0.373 e. The molecule has 1 saturated heterocycles. The first kappa shape index (κ1) is 14.7. The Kier molecular flexibility index (Phi) is 5.51. The maximum absolute atomic E-state index is 11.9.